The predicted octanol–water partition coefficient (Wildman–Crippen LogP) is 4.78. The van der Waals surface area contributed by atoms with Crippen LogP contribution in [0.5, 0.6) is 0 Å². The van der Waals surface area contributed by atoms with Crippen LogP contribution in [-0.2, 0) is 5.75 Å². The van der Waals surface area contributed by atoms with Gasteiger partial charge in [0, 0.05) is 33.0 Å². The first-order chi connectivity index (χ1) is 9.47. The summed E-state index contributed by atoms with van der Waals surface area (Å²) in [5, 5.41) is 11.9. The van der Waals surface area contributed by atoms with Crippen molar-refractivity contribution in [1.29, 1.82) is 0 Å². The first-order valence-corrected chi connectivity index (χ1v) is 7.32. The van der Waals surface area contributed by atoms with E-state index in [-0.39, 0.29) is 5.69 Å². The Morgan fingerprint density at radius 1 is 1.20 bits per heavy atom. The van der Waals surface area contributed by atoms with Crippen molar-refractivity contribution in [2.24, 2.45) is 0 Å². The third-order valence-corrected chi connectivity index (χ3v) is 4.36. The van der Waals surface area contributed by atoms with Crippen LogP contribution >= 0.6 is 35.0 Å². The van der Waals surface area contributed by atoms with Crippen LogP contribution < -0.4 is 5.73 Å². The highest BCUT2D eigenvalue weighted by Gasteiger charge is 2.15. The van der Waals surface area contributed by atoms with Gasteiger partial charge in [-0.25, -0.2) is 0 Å². The van der Waals surface area contributed by atoms with E-state index in [0.717, 1.165) is 4.90 Å². The Kier molecular flexibility index (Phi) is 4.75. The number of halogens is 2. The van der Waals surface area contributed by atoms with Crippen molar-refractivity contribution in [1.82, 2.24) is 0 Å². The summed E-state index contributed by atoms with van der Waals surface area (Å²) in [6, 6.07) is 9.78. The van der Waals surface area contributed by atoms with E-state index < -0.39 is 4.92 Å². The van der Waals surface area contributed by atoms with Crippen LogP contribution in [0.4, 0.5) is 11.4 Å². The number of anilines is 1. The standard InChI is InChI=1S/C13H10Cl2N2O2S/c14-9-2-1-8(12(5-9)17(18)19)7-20-13-6-10(16)3-4-11(13)15/h1-6H,7,16H2. The lowest BCUT2D eigenvalue weighted by molar-refractivity contribution is -0.385. The SMILES string of the molecule is Nc1ccc(Cl)c(SCc2ccc(Cl)cc2[N+](=O)[O-])c1. The van der Waals surface area contributed by atoms with Gasteiger partial charge in [0.2, 0.25) is 0 Å². The minimum absolute atomic E-state index is 0.00465. The number of nitro groups is 1. The molecule has 2 aromatic rings. The van der Waals surface area contributed by atoms with Gasteiger partial charge in [0.25, 0.3) is 5.69 Å². The number of nitrogens with zero attached hydrogens (tertiary/aromatic N) is 1. The predicted molar refractivity (Wildman–Crippen MR) is 83.5 cm³/mol. The second-order valence-corrected chi connectivity index (χ2v) is 5.87. The molecule has 2 N–H and O–H groups in total. The summed E-state index contributed by atoms with van der Waals surface area (Å²) in [5.41, 5.74) is 6.89. The minimum atomic E-state index is -0.442. The summed E-state index contributed by atoms with van der Waals surface area (Å²) in [4.78, 5) is 11.3. The zero-order chi connectivity index (χ0) is 14.7. The van der Waals surface area contributed by atoms with Gasteiger partial charge in [-0.15, -0.1) is 11.8 Å². The molecule has 0 fully saturated rings. The largest absolute Gasteiger partial charge is 0.399 e. The maximum Gasteiger partial charge on any atom is 0.274 e. The topological polar surface area (TPSA) is 69.2 Å². The molecule has 0 aliphatic carbocycles. The fourth-order valence-corrected chi connectivity index (χ4v) is 3.04. The minimum Gasteiger partial charge on any atom is -0.399 e. The molecule has 0 saturated heterocycles. The zero-order valence-electron chi connectivity index (χ0n) is 10.2. The van der Waals surface area contributed by atoms with E-state index in [4.69, 9.17) is 28.9 Å². The van der Waals surface area contributed by atoms with E-state index in [0.29, 0.717) is 27.0 Å². The summed E-state index contributed by atoms with van der Waals surface area (Å²) < 4.78 is 0. The van der Waals surface area contributed by atoms with Gasteiger partial charge in [-0.3, -0.25) is 10.1 Å². The number of hydrogen-bond acceptors (Lipinski definition) is 4. The van der Waals surface area contributed by atoms with Crippen LogP contribution in [-0.4, -0.2) is 4.92 Å². The Balaban J connectivity index is 2.23. The summed E-state index contributed by atoms with van der Waals surface area (Å²) in [7, 11) is 0. The second-order valence-electron chi connectivity index (χ2n) is 4.01. The molecule has 0 saturated carbocycles. The van der Waals surface area contributed by atoms with Gasteiger partial charge in [0.05, 0.1) is 9.95 Å². The molecule has 0 aliphatic rings. The molecule has 0 atom stereocenters. The Hall–Kier alpha value is -1.43. The fraction of sp³-hybridized carbons (Fsp3) is 0.0769. The van der Waals surface area contributed by atoms with Crippen LogP contribution in [0.3, 0.4) is 0 Å². The number of nitro benzene ring substituents is 1. The van der Waals surface area contributed by atoms with Crippen molar-refractivity contribution in [3.05, 3.63) is 62.1 Å². The van der Waals surface area contributed by atoms with Crippen molar-refractivity contribution in [2.75, 3.05) is 5.73 Å². The molecular formula is C13H10Cl2N2O2S. The Labute approximate surface area is 130 Å². The highest BCUT2D eigenvalue weighted by molar-refractivity contribution is 7.98. The molecule has 2 rings (SSSR count). The number of nitrogen functional groups attached to an aromatic ring is 1. The molecule has 104 valence electrons. The van der Waals surface area contributed by atoms with Gasteiger partial charge in [-0.1, -0.05) is 23.2 Å². The van der Waals surface area contributed by atoms with E-state index in [1.807, 2.05) is 0 Å². The van der Waals surface area contributed by atoms with Crippen LogP contribution in [0.1, 0.15) is 5.56 Å². The third kappa shape index (κ3) is 3.56. The van der Waals surface area contributed by atoms with Crippen molar-refractivity contribution >= 4 is 46.3 Å². The Bertz CT molecular complexity index is 665. The molecule has 7 heteroatoms. The van der Waals surface area contributed by atoms with E-state index >= 15 is 0 Å². The van der Waals surface area contributed by atoms with Crippen molar-refractivity contribution in [3.63, 3.8) is 0 Å². The van der Waals surface area contributed by atoms with Crippen molar-refractivity contribution in [3.8, 4) is 0 Å². The zero-order valence-corrected chi connectivity index (χ0v) is 12.5. The molecule has 0 aromatic heterocycles. The summed E-state index contributed by atoms with van der Waals surface area (Å²) >= 11 is 13.2. The molecule has 20 heavy (non-hydrogen) atoms. The fourth-order valence-electron chi connectivity index (χ4n) is 1.62. The molecular weight excluding hydrogens is 319 g/mol. The highest BCUT2D eigenvalue weighted by Crippen LogP contribution is 2.34. The van der Waals surface area contributed by atoms with E-state index in [1.165, 1.54) is 17.8 Å². The number of benzene rings is 2. The first kappa shape index (κ1) is 15.0. The lowest BCUT2D eigenvalue weighted by Gasteiger charge is -2.06. The van der Waals surface area contributed by atoms with Gasteiger partial charge in [-0.05, 0) is 30.3 Å². The molecule has 2 aromatic carbocycles. The van der Waals surface area contributed by atoms with Gasteiger partial charge in [0.1, 0.15) is 0 Å². The monoisotopic (exact) mass is 328 g/mol. The van der Waals surface area contributed by atoms with E-state index in [1.54, 1.807) is 30.3 Å². The maximum absolute atomic E-state index is 11.0. The van der Waals surface area contributed by atoms with Gasteiger partial charge in [-0.2, -0.15) is 0 Å². The number of rotatable bonds is 4. The number of thioether (sulfide) groups is 1. The Morgan fingerprint density at radius 3 is 2.65 bits per heavy atom. The quantitative estimate of drug-likeness (QED) is 0.379. The number of hydrogen-bond donors (Lipinski definition) is 1. The second kappa shape index (κ2) is 6.35. The first-order valence-electron chi connectivity index (χ1n) is 5.58. The van der Waals surface area contributed by atoms with E-state index in [9.17, 15) is 10.1 Å². The lowest BCUT2D eigenvalue weighted by Crippen LogP contribution is -1.94. The normalized spacial score (nSPS) is 10.5. The average molecular weight is 329 g/mol. The molecule has 0 spiro atoms. The lowest BCUT2D eigenvalue weighted by atomic mass is 10.2. The summed E-state index contributed by atoms with van der Waals surface area (Å²) in [5.74, 6) is 0.413. The molecule has 0 amide bonds. The summed E-state index contributed by atoms with van der Waals surface area (Å²) in [6.45, 7) is 0. The smallest absolute Gasteiger partial charge is 0.274 e. The van der Waals surface area contributed by atoms with Gasteiger partial charge in [0.15, 0.2) is 0 Å². The molecule has 0 bridgehead atoms. The molecule has 0 unspecified atom stereocenters. The molecule has 0 radical (unpaired) electrons. The summed E-state index contributed by atoms with van der Waals surface area (Å²) in [6.07, 6.45) is 0. The van der Waals surface area contributed by atoms with Crippen molar-refractivity contribution < 1.29 is 4.92 Å². The Morgan fingerprint density at radius 2 is 1.95 bits per heavy atom. The van der Waals surface area contributed by atoms with Crippen LogP contribution in [0, 0.1) is 10.1 Å². The van der Waals surface area contributed by atoms with Gasteiger partial charge < -0.3 is 5.73 Å². The molecule has 0 heterocycles. The maximum atomic E-state index is 11.0. The highest BCUT2D eigenvalue weighted by atomic mass is 35.5. The van der Waals surface area contributed by atoms with Crippen LogP contribution in [0.15, 0.2) is 41.3 Å². The van der Waals surface area contributed by atoms with E-state index in [2.05, 4.69) is 0 Å². The van der Waals surface area contributed by atoms with Crippen LogP contribution in [0.25, 0.3) is 0 Å². The molecule has 0 aliphatic heterocycles. The van der Waals surface area contributed by atoms with Crippen LogP contribution in [0.2, 0.25) is 10.0 Å². The van der Waals surface area contributed by atoms with Gasteiger partial charge >= 0.3 is 0 Å². The molecule has 4 nitrogen and oxygen atoms in total. The van der Waals surface area contributed by atoms with Crippen molar-refractivity contribution in [2.45, 2.75) is 10.6 Å². The third-order valence-electron chi connectivity index (χ3n) is 2.58. The number of nitrogens with two attached hydrogens (primary N) is 1. The average Bonchev–Trinajstić information content (AvgIpc) is 2.40.